The molecule has 1 nitrogen and oxygen atoms in total. The summed E-state index contributed by atoms with van der Waals surface area (Å²) in [6.45, 7) is 0. The Labute approximate surface area is 387 Å². The third-order valence-electron chi connectivity index (χ3n) is 13.4. The fourth-order valence-electron chi connectivity index (χ4n) is 10.4. The first kappa shape index (κ1) is 38.2. The highest BCUT2D eigenvalue weighted by atomic mass is 32.1. The van der Waals surface area contributed by atoms with Crippen LogP contribution in [0.15, 0.2) is 249 Å². The van der Waals surface area contributed by atoms with Crippen molar-refractivity contribution in [1.82, 2.24) is 0 Å². The van der Waals surface area contributed by atoms with E-state index in [0.29, 0.717) is 0 Å². The van der Waals surface area contributed by atoms with Gasteiger partial charge in [0.1, 0.15) is 0 Å². The van der Waals surface area contributed by atoms with Crippen LogP contribution in [0.3, 0.4) is 0 Å². The highest BCUT2D eigenvalue weighted by Crippen LogP contribution is 2.48. The van der Waals surface area contributed by atoms with E-state index in [-0.39, 0.29) is 0 Å². The molecule has 66 heavy (non-hydrogen) atoms. The van der Waals surface area contributed by atoms with Crippen molar-refractivity contribution in [2.24, 2.45) is 0 Å². The summed E-state index contributed by atoms with van der Waals surface area (Å²) in [6.07, 6.45) is 0. The van der Waals surface area contributed by atoms with Gasteiger partial charge < -0.3 is 4.90 Å². The van der Waals surface area contributed by atoms with Crippen LogP contribution < -0.4 is 4.90 Å². The van der Waals surface area contributed by atoms with E-state index in [1.165, 1.54) is 113 Å². The zero-order valence-electron chi connectivity index (χ0n) is 36.0. The minimum absolute atomic E-state index is 1.11. The van der Waals surface area contributed by atoms with Gasteiger partial charge in [-0.2, -0.15) is 0 Å². The number of thiophene rings is 1. The fraction of sp³-hybridized carbons (Fsp3) is 0. The maximum atomic E-state index is 2.44. The van der Waals surface area contributed by atoms with E-state index in [1.54, 1.807) is 0 Å². The van der Waals surface area contributed by atoms with Crippen LogP contribution in [-0.4, -0.2) is 0 Å². The minimum Gasteiger partial charge on any atom is -0.309 e. The van der Waals surface area contributed by atoms with E-state index in [4.69, 9.17) is 0 Å². The van der Waals surface area contributed by atoms with Crippen LogP contribution in [0.2, 0.25) is 0 Å². The normalized spacial score (nSPS) is 11.6. The smallest absolute Gasteiger partial charge is 0.0640 e. The van der Waals surface area contributed by atoms with Gasteiger partial charge in [-0.1, -0.05) is 200 Å². The monoisotopic (exact) mass is 855 g/mol. The summed E-state index contributed by atoms with van der Waals surface area (Å²) < 4.78 is 2.57. The van der Waals surface area contributed by atoms with Gasteiger partial charge in [-0.25, -0.2) is 0 Å². The minimum atomic E-state index is 1.11. The van der Waals surface area contributed by atoms with Crippen molar-refractivity contribution >= 4 is 91.7 Å². The second-order valence-corrected chi connectivity index (χ2v) is 18.2. The van der Waals surface area contributed by atoms with Crippen LogP contribution in [0.25, 0.3) is 108 Å². The second kappa shape index (κ2) is 15.7. The lowest BCUT2D eigenvalue weighted by Gasteiger charge is -2.26. The molecule has 13 aromatic rings. The Kier molecular flexibility index (Phi) is 9.11. The maximum absolute atomic E-state index is 2.44. The molecule has 0 unspecified atom stereocenters. The molecular weight excluding hydrogens is 815 g/mol. The van der Waals surface area contributed by atoms with Gasteiger partial charge in [-0.05, 0) is 136 Å². The molecule has 2 heteroatoms. The van der Waals surface area contributed by atoms with Crippen LogP contribution in [0.5, 0.6) is 0 Å². The largest absolute Gasteiger partial charge is 0.309 e. The Morgan fingerprint density at radius 2 is 0.773 bits per heavy atom. The highest BCUT2D eigenvalue weighted by Gasteiger charge is 2.21. The first-order chi connectivity index (χ1) is 32.7. The molecule has 0 atom stereocenters. The molecule has 0 spiro atoms. The van der Waals surface area contributed by atoms with Gasteiger partial charge in [0.25, 0.3) is 0 Å². The fourth-order valence-corrected chi connectivity index (χ4v) is 11.6. The SMILES string of the molecule is c1ccc(-c2c(-c3ccccc3)c3cc(-c4ccc(N(c5ccc(-c6cc7ccccc7c7ccccc67)cc5)c5cccc6c5sc5ccccc56)cc4)ccc3c3ccccc23)cc1. The number of benzene rings is 12. The van der Waals surface area contributed by atoms with Crippen molar-refractivity contribution in [3.63, 3.8) is 0 Å². The molecule has 308 valence electrons. The van der Waals surface area contributed by atoms with E-state index in [2.05, 4.69) is 254 Å². The van der Waals surface area contributed by atoms with Crippen molar-refractivity contribution in [3.05, 3.63) is 249 Å². The number of nitrogens with zero attached hydrogens (tertiary/aromatic N) is 1. The lowest BCUT2D eigenvalue weighted by molar-refractivity contribution is 1.30. The summed E-state index contributed by atoms with van der Waals surface area (Å²) in [5.74, 6) is 0. The molecule has 0 amide bonds. The van der Waals surface area contributed by atoms with Gasteiger partial charge in [0.05, 0.1) is 10.4 Å². The molecule has 0 saturated heterocycles. The summed E-state index contributed by atoms with van der Waals surface area (Å²) >= 11 is 1.87. The molecule has 13 rings (SSSR count). The van der Waals surface area contributed by atoms with Crippen molar-refractivity contribution < 1.29 is 0 Å². The standard InChI is InChI=1S/C64H41NS/c1-3-16-44(17-4-1)62-56-26-12-11-23-52(56)54-39-34-46(40-59(54)63(62)45-18-5-2-6-19-45)42-30-35-48(36-31-42)65(60-28-15-27-57-55-25-13-14-29-61(55)66-64(57)60)49-37-32-43(33-38-49)58-41-47-20-7-8-21-50(47)51-22-9-10-24-53(51)58/h1-41H. The number of hydrogen-bond acceptors (Lipinski definition) is 2. The van der Waals surface area contributed by atoms with Gasteiger partial charge in [0.2, 0.25) is 0 Å². The van der Waals surface area contributed by atoms with Crippen molar-refractivity contribution in [1.29, 1.82) is 0 Å². The number of fused-ring (bicyclic) bond motifs is 9. The lowest BCUT2D eigenvalue weighted by atomic mass is 9.84. The van der Waals surface area contributed by atoms with Gasteiger partial charge >= 0.3 is 0 Å². The predicted molar refractivity (Wildman–Crippen MR) is 286 cm³/mol. The van der Waals surface area contributed by atoms with E-state index < -0.39 is 0 Å². The Hall–Kier alpha value is -8.30. The van der Waals surface area contributed by atoms with Crippen molar-refractivity contribution in [2.75, 3.05) is 4.90 Å². The third-order valence-corrected chi connectivity index (χ3v) is 14.6. The van der Waals surface area contributed by atoms with E-state index in [0.717, 1.165) is 11.4 Å². The highest BCUT2D eigenvalue weighted by molar-refractivity contribution is 7.26. The van der Waals surface area contributed by atoms with E-state index in [1.807, 2.05) is 11.3 Å². The van der Waals surface area contributed by atoms with E-state index in [9.17, 15) is 0 Å². The van der Waals surface area contributed by atoms with Crippen LogP contribution in [0.4, 0.5) is 17.1 Å². The number of rotatable bonds is 7. The number of anilines is 3. The Morgan fingerprint density at radius 1 is 0.273 bits per heavy atom. The van der Waals surface area contributed by atoms with Gasteiger partial charge in [-0.15, -0.1) is 11.3 Å². The molecule has 1 aromatic heterocycles. The average molecular weight is 856 g/mol. The van der Waals surface area contributed by atoms with Crippen LogP contribution in [0.1, 0.15) is 0 Å². The topological polar surface area (TPSA) is 3.24 Å². The molecule has 1 heterocycles. The zero-order valence-corrected chi connectivity index (χ0v) is 36.8. The Balaban J connectivity index is 0.965. The first-order valence-corrected chi connectivity index (χ1v) is 23.5. The molecule has 0 aliphatic carbocycles. The maximum Gasteiger partial charge on any atom is 0.0640 e. The Morgan fingerprint density at radius 3 is 1.47 bits per heavy atom. The molecule has 0 bridgehead atoms. The first-order valence-electron chi connectivity index (χ1n) is 22.7. The summed E-state index contributed by atoms with van der Waals surface area (Å²) in [6, 6.07) is 91.5. The third kappa shape index (κ3) is 6.30. The van der Waals surface area contributed by atoms with E-state index >= 15 is 0 Å². The van der Waals surface area contributed by atoms with Crippen molar-refractivity contribution in [2.45, 2.75) is 0 Å². The van der Waals surface area contributed by atoms with Gasteiger partial charge in [0, 0.05) is 26.8 Å². The van der Waals surface area contributed by atoms with Crippen LogP contribution >= 0.6 is 11.3 Å². The Bertz CT molecular complexity index is 3960. The quantitative estimate of drug-likeness (QED) is 0.144. The molecule has 0 aliphatic heterocycles. The molecule has 0 fully saturated rings. The van der Waals surface area contributed by atoms with Gasteiger partial charge in [0.15, 0.2) is 0 Å². The summed E-state index contributed by atoms with van der Waals surface area (Å²) in [5, 5.41) is 12.7. The zero-order chi connectivity index (χ0) is 43.6. The van der Waals surface area contributed by atoms with Crippen molar-refractivity contribution in [3.8, 4) is 44.5 Å². The molecule has 0 saturated carbocycles. The molecule has 0 radical (unpaired) electrons. The van der Waals surface area contributed by atoms with Crippen LogP contribution in [0, 0.1) is 0 Å². The summed E-state index contributed by atoms with van der Waals surface area (Å²) in [4.78, 5) is 2.44. The molecule has 12 aromatic carbocycles. The summed E-state index contributed by atoms with van der Waals surface area (Å²) in [7, 11) is 0. The average Bonchev–Trinajstić information content (AvgIpc) is 3.78. The van der Waals surface area contributed by atoms with Gasteiger partial charge in [-0.3, -0.25) is 0 Å². The number of hydrogen-bond donors (Lipinski definition) is 0. The molecular formula is C64H41NS. The molecule has 0 N–H and O–H groups in total. The van der Waals surface area contributed by atoms with Crippen LogP contribution in [-0.2, 0) is 0 Å². The summed E-state index contributed by atoms with van der Waals surface area (Å²) in [5.41, 5.74) is 13.2. The predicted octanol–water partition coefficient (Wildman–Crippen LogP) is 18.8. The molecule has 0 aliphatic rings. The lowest BCUT2D eigenvalue weighted by Crippen LogP contribution is -2.10. The second-order valence-electron chi connectivity index (χ2n) is 17.2.